The Kier molecular flexibility index (Phi) is 5.43. The monoisotopic (exact) mass is 396 g/mol. The fourth-order valence-corrected chi connectivity index (χ4v) is 2.67. The second kappa shape index (κ2) is 7.76. The fraction of sp³-hybridized carbons (Fsp3) is 0.0588. The van der Waals surface area contributed by atoms with Gasteiger partial charge in [0, 0.05) is 17.3 Å². The molecule has 0 fully saturated rings. The van der Waals surface area contributed by atoms with Gasteiger partial charge in [0.05, 0.1) is 24.1 Å². The Bertz CT molecular complexity index is 961. The van der Waals surface area contributed by atoms with Gasteiger partial charge >= 0.3 is 0 Å². The number of aromatic nitrogens is 2. The summed E-state index contributed by atoms with van der Waals surface area (Å²) in [6, 6.07) is 7.26. The van der Waals surface area contributed by atoms with Crippen molar-refractivity contribution < 1.29 is 13.2 Å². The molecule has 0 bridgehead atoms. The first kappa shape index (κ1) is 18.2. The van der Waals surface area contributed by atoms with Crippen LogP contribution in [-0.2, 0) is 6.54 Å². The lowest BCUT2D eigenvalue weighted by Gasteiger charge is -2.09. The first-order valence-electron chi connectivity index (χ1n) is 7.40. The van der Waals surface area contributed by atoms with E-state index in [-0.39, 0.29) is 10.8 Å². The van der Waals surface area contributed by atoms with E-state index in [2.05, 4.69) is 15.7 Å². The van der Waals surface area contributed by atoms with Gasteiger partial charge in [-0.2, -0.15) is 5.10 Å². The number of hydrogen-bond donors (Lipinski definition) is 2. The van der Waals surface area contributed by atoms with Gasteiger partial charge in [-0.1, -0.05) is 17.7 Å². The van der Waals surface area contributed by atoms with Gasteiger partial charge in [-0.15, -0.1) is 0 Å². The predicted molar refractivity (Wildman–Crippen MR) is 98.9 cm³/mol. The highest BCUT2D eigenvalue weighted by Crippen LogP contribution is 2.19. The lowest BCUT2D eigenvalue weighted by Crippen LogP contribution is -2.19. The van der Waals surface area contributed by atoms with E-state index in [9.17, 15) is 13.2 Å². The van der Waals surface area contributed by atoms with Crippen molar-refractivity contribution in [2.75, 3.05) is 10.6 Å². The molecule has 1 aromatic heterocycles. The standard InChI is InChI=1S/C17H12ClF3N4S/c18-14-5-11(19)2-1-10(14)8-25-9-13(7-22-25)23-17(26)24-16-4-3-12(20)6-15(16)21/h1-7,9H,8H2,(H2,23,24,26). The molecule has 0 aliphatic heterocycles. The summed E-state index contributed by atoms with van der Waals surface area (Å²) >= 11 is 11.1. The zero-order valence-corrected chi connectivity index (χ0v) is 14.7. The summed E-state index contributed by atoms with van der Waals surface area (Å²) in [6.07, 6.45) is 3.18. The van der Waals surface area contributed by atoms with Crippen LogP contribution in [0.5, 0.6) is 0 Å². The quantitative estimate of drug-likeness (QED) is 0.621. The molecule has 2 N–H and O–H groups in total. The number of nitrogens with zero attached hydrogens (tertiary/aromatic N) is 2. The zero-order chi connectivity index (χ0) is 18.7. The van der Waals surface area contributed by atoms with Crippen molar-refractivity contribution in [2.45, 2.75) is 6.54 Å². The lowest BCUT2D eigenvalue weighted by atomic mass is 10.2. The van der Waals surface area contributed by atoms with E-state index >= 15 is 0 Å². The molecular weight excluding hydrogens is 385 g/mol. The molecule has 0 saturated heterocycles. The number of hydrogen-bond acceptors (Lipinski definition) is 2. The number of thiocarbonyl (C=S) groups is 1. The number of anilines is 2. The molecule has 3 rings (SSSR count). The van der Waals surface area contributed by atoms with Gasteiger partial charge in [-0.3, -0.25) is 4.68 Å². The van der Waals surface area contributed by atoms with Crippen LogP contribution in [0.4, 0.5) is 24.5 Å². The van der Waals surface area contributed by atoms with E-state index in [1.54, 1.807) is 16.9 Å². The van der Waals surface area contributed by atoms with E-state index in [1.807, 2.05) is 0 Å². The van der Waals surface area contributed by atoms with Crippen LogP contribution in [0, 0.1) is 17.5 Å². The Labute approximate surface area is 157 Å². The van der Waals surface area contributed by atoms with Crippen molar-refractivity contribution in [1.29, 1.82) is 0 Å². The summed E-state index contributed by atoms with van der Waals surface area (Å²) in [5.74, 6) is -1.84. The average molecular weight is 397 g/mol. The molecule has 0 radical (unpaired) electrons. The third kappa shape index (κ3) is 4.53. The van der Waals surface area contributed by atoms with Gasteiger partial charge in [0.1, 0.15) is 17.5 Å². The molecule has 2 aromatic carbocycles. The van der Waals surface area contributed by atoms with Crippen LogP contribution in [0.2, 0.25) is 5.02 Å². The van der Waals surface area contributed by atoms with Crippen molar-refractivity contribution in [3.8, 4) is 0 Å². The minimum absolute atomic E-state index is 0.0504. The molecule has 0 unspecified atom stereocenters. The molecule has 3 aromatic rings. The number of nitrogens with one attached hydrogen (secondary N) is 2. The SMILES string of the molecule is Fc1ccc(NC(=S)Nc2cnn(Cc3ccc(F)cc3Cl)c2)c(F)c1. The molecule has 0 saturated carbocycles. The van der Waals surface area contributed by atoms with E-state index in [0.29, 0.717) is 22.8 Å². The molecule has 0 amide bonds. The molecule has 0 aliphatic rings. The van der Waals surface area contributed by atoms with Crippen molar-refractivity contribution in [3.05, 3.63) is 76.8 Å². The van der Waals surface area contributed by atoms with Crippen LogP contribution in [0.3, 0.4) is 0 Å². The maximum Gasteiger partial charge on any atom is 0.175 e. The van der Waals surface area contributed by atoms with Crippen molar-refractivity contribution >= 4 is 40.3 Å². The predicted octanol–water partition coefficient (Wildman–Crippen LogP) is 4.81. The van der Waals surface area contributed by atoms with Crippen LogP contribution >= 0.6 is 23.8 Å². The van der Waals surface area contributed by atoms with E-state index < -0.39 is 17.5 Å². The van der Waals surface area contributed by atoms with Gasteiger partial charge in [-0.25, -0.2) is 13.2 Å². The van der Waals surface area contributed by atoms with Gasteiger partial charge in [0.15, 0.2) is 5.11 Å². The lowest BCUT2D eigenvalue weighted by molar-refractivity contribution is 0.586. The Morgan fingerprint density at radius 1 is 1.08 bits per heavy atom. The van der Waals surface area contributed by atoms with Crippen molar-refractivity contribution in [1.82, 2.24) is 9.78 Å². The van der Waals surface area contributed by atoms with Crippen LogP contribution < -0.4 is 10.6 Å². The van der Waals surface area contributed by atoms with Gasteiger partial charge in [0.2, 0.25) is 0 Å². The number of benzene rings is 2. The number of halogens is 4. The Balaban J connectivity index is 1.63. The molecule has 0 spiro atoms. The smallest absolute Gasteiger partial charge is 0.175 e. The third-order valence-electron chi connectivity index (χ3n) is 3.42. The maximum atomic E-state index is 13.6. The minimum Gasteiger partial charge on any atom is -0.330 e. The molecule has 4 nitrogen and oxygen atoms in total. The first-order chi connectivity index (χ1) is 12.4. The molecule has 9 heteroatoms. The summed E-state index contributed by atoms with van der Waals surface area (Å²) in [7, 11) is 0. The molecule has 26 heavy (non-hydrogen) atoms. The van der Waals surface area contributed by atoms with E-state index in [1.165, 1.54) is 24.4 Å². The molecule has 0 atom stereocenters. The van der Waals surface area contributed by atoms with Crippen molar-refractivity contribution in [2.24, 2.45) is 0 Å². The second-order valence-electron chi connectivity index (χ2n) is 5.37. The summed E-state index contributed by atoms with van der Waals surface area (Å²) in [6.45, 7) is 0.341. The highest BCUT2D eigenvalue weighted by molar-refractivity contribution is 7.80. The highest BCUT2D eigenvalue weighted by atomic mass is 35.5. The molecular formula is C17H12ClF3N4S. The van der Waals surface area contributed by atoms with Crippen LogP contribution in [-0.4, -0.2) is 14.9 Å². The summed E-state index contributed by atoms with van der Waals surface area (Å²) in [4.78, 5) is 0. The second-order valence-corrected chi connectivity index (χ2v) is 6.18. The van der Waals surface area contributed by atoms with Crippen LogP contribution in [0.25, 0.3) is 0 Å². The van der Waals surface area contributed by atoms with Gasteiger partial charge in [0.25, 0.3) is 0 Å². The zero-order valence-electron chi connectivity index (χ0n) is 13.1. The fourth-order valence-electron chi connectivity index (χ4n) is 2.21. The molecule has 0 aliphatic carbocycles. The first-order valence-corrected chi connectivity index (χ1v) is 8.19. The molecule has 134 valence electrons. The van der Waals surface area contributed by atoms with E-state index in [0.717, 1.165) is 12.1 Å². The summed E-state index contributed by atoms with van der Waals surface area (Å²) in [5.41, 5.74) is 1.31. The Hall–Kier alpha value is -2.58. The largest absolute Gasteiger partial charge is 0.330 e. The van der Waals surface area contributed by atoms with Gasteiger partial charge in [-0.05, 0) is 42.0 Å². The summed E-state index contributed by atoms with van der Waals surface area (Å²) < 4.78 is 41.2. The minimum atomic E-state index is -0.754. The summed E-state index contributed by atoms with van der Waals surface area (Å²) in [5, 5.41) is 10.1. The Morgan fingerprint density at radius 3 is 2.54 bits per heavy atom. The third-order valence-corrected chi connectivity index (χ3v) is 3.97. The van der Waals surface area contributed by atoms with Gasteiger partial charge < -0.3 is 10.6 Å². The van der Waals surface area contributed by atoms with E-state index in [4.69, 9.17) is 23.8 Å². The molecule has 1 heterocycles. The van der Waals surface area contributed by atoms with Crippen molar-refractivity contribution in [3.63, 3.8) is 0 Å². The normalized spacial score (nSPS) is 10.6. The average Bonchev–Trinajstić information content (AvgIpc) is 3.00. The van der Waals surface area contributed by atoms with Crippen LogP contribution in [0.15, 0.2) is 48.8 Å². The van der Waals surface area contributed by atoms with Crippen LogP contribution in [0.1, 0.15) is 5.56 Å². The topological polar surface area (TPSA) is 41.9 Å². The highest BCUT2D eigenvalue weighted by Gasteiger charge is 2.08. The maximum absolute atomic E-state index is 13.6. The number of rotatable bonds is 4. The Morgan fingerprint density at radius 2 is 1.81 bits per heavy atom.